The Morgan fingerprint density at radius 1 is 0.857 bits per heavy atom. The molecule has 1 aromatic rings. The molecule has 21 heavy (non-hydrogen) atoms. The van der Waals surface area contributed by atoms with E-state index in [4.69, 9.17) is 4.42 Å². The van der Waals surface area contributed by atoms with E-state index in [1.807, 2.05) is 57.8 Å². The van der Waals surface area contributed by atoms with Crippen molar-refractivity contribution in [1.29, 1.82) is 0 Å². The molecule has 10 radical (unpaired) electrons. The minimum absolute atomic E-state index is 0. The second-order valence-electron chi connectivity index (χ2n) is 4.16. The van der Waals surface area contributed by atoms with Gasteiger partial charge in [-0.1, -0.05) is 11.8 Å². The Morgan fingerprint density at radius 3 is 1.95 bits per heavy atom. The van der Waals surface area contributed by atoms with Crippen LogP contribution in [0.4, 0.5) is 0 Å². The maximum Gasteiger partial charge on any atom is 2.00 e. The molecule has 2 fully saturated rings. The first kappa shape index (κ1) is 18.1. The summed E-state index contributed by atoms with van der Waals surface area (Å²) in [5.41, 5.74) is 0.326. The number of aryl methyl sites for hydroxylation is 1. The predicted octanol–water partition coefficient (Wildman–Crippen LogP) is 2.72. The van der Waals surface area contributed by atoms with E-state index in [1.165, 1.54) is 6.07 Å². The van der Waals surface area contributed by atoms with Crippen LogP contribution in [0.25, 0.3) is 0 Å². The molecular weight excluding hydrogens is 304 g/mol. The Kier molecular flexibility index (Phi) is 8.50. The molecule has 1 heterocycles. The molecule has 0 spiro atoms. The minimum atomic E-state index is -0.359. The molecule has 2 aliphatic carbocycles. The first-order valence-electron chi connectivity index (χ1n) is 6.26. The third kappa shape index (κ3) is 7.02. The van der Waals surface area contributed by atoms with Crippen molar-refractivity contribution in [3.8, 4) is 11.8 Å². The van der Waals surface area contributed by atoms with Crippen LogP contribution in [0, 0.1) is 82.5 Å². The normalized spacial score (nSPS) is 17.2. The van der Waals surface area contributed by atoms with Crippen LogP contribution in [0.2, 0.25) is 0 Å². The fourth-order valence-corrected chi connectivity index (χ4v) is 1.60. The number of hydrogen-bond acceptors (Lipinski definition) is 2. The zero-order valence-electron chi connectivity index (χ0n) is 11.5. The summed E-state index contributed by atoms with van der Waals surface area (Å²) >= 11 is 0. The van der Waals surface area contributed by atoms with Crippen LogP contribution in [0.3, 0.4) is 0 Å². The standard InChI is InChI=1S/C13H9O2.C5H5.Fe/c1-10-8-12(9-13(14)15-10)7-6-11-4-2-3-5-11;1-2-4-5-3-1;/h2-5,8-9H,1H3;1-5H;/q;;+2. The topological polar surface area (TPSA) is 30.2 Å². The van der Waals surface area contributed by atoms with Gasteiger partial charge in [-0.3, -0.25) is 0 Å². The van der Waals surface area contributed by atoms with Gasteiger partial charge in [-0.05, 0) is 70.8 Å². The molecule has 0 saturated heterocycles. The molecule has 2 aliphatic rings. The average Bonchev–Trinajstić information content (AvgIpc) is 3.11. The van der Waals surface area contributed by atoms with Gasteiger partial charge < -0.3 is 4.42 Å². The average molecular weight is 318 g/mol. The monoisotopic (exact) mass is 318 g/mol. The number of hydrogen-bond donors (Lipinski definition) is 0. The van der Waals surface area contributed by atoms with Crippen LogP contribution in [0.5, 0.6) is 0 Å². The van der Waals surface area contributed by atoms with Crippen molar-refractivity contribution in [3.05, 3.63) is 97.6 Å². The molecule has 3 rings (SSSR count). The van der Waals surface area contributed by atoms with Crippen molar-refractivity contribution in [2.24, 2.45) is 0 Å². The first-order chi connectivity index (χ1) is 9.74. The molecule has 104 valence electrons. The largest absolute Gasteiger partial charge is 2.00 e. The first-order valence-corrected chi connectivity index (χ1v) is 6.26. The maximum atomic E-state index is 11.0. The van der Waals surface area contributed by atoms with Crippen LogP contribution >= 0.6 is 0 Å². The van der Waals surface area contributed by atoms with E-state index in [-0.39, 0.29) is 22.7 Å². The van der Waals surface area contributed by atoms with Gasteiger partial charge in [0.05, 0.1) is 5.92 Å². The Morgan fingerprint density at radius 2 is 1.43 bits per heavy atom. The summed E-state index contributed by atoms with van der Waals surface area (Å²) in [6.45, 7) is 1.73. The molecule has 0 N–H and O–H groups in total. The fourth-order valence-electron chi connectivity index (χ4n) is 1.60. The third-order valence-electron chi connectivity index (χ3n) is 2.46. The van der Waals surface area contributed by atoms with Gasteiger partial charge in [-0.15, -0.1) is 0 Å². The van der Waals surface area contributed by atoms with Crippen molar-refractivity contribution in [1.82, 2.24) is 0 Å². The third-order valence-corrected chi connectivity index (χ3v) is 2.46. The minimum Gasteiger partial charge on any atom is -0.428 e. The SMILES string of the molecule is Cc1cc(C#C[C]2[CH][CH][CH][CH]2)cc(=O)o1.[CH]1[CH][CH][CH][CH]1.[Fe+2]. The van der Waals surface area contributed by atoms with E-state index in [0.29, 0.717) is 11.3 Å². The number of rotatable bonds is 0. The van der Waals surface area contributed by atoms with Crippen molar-refractivity contribution < 1.29 is 21.5 Å². The smallest absolute Gasteiger partial charge is 0.428 e. The second kappa shape index (κ2) is 9.87. The van der Waals surface area contributed by atoms with E-state index in [2.05, 4.69) is 11.8 Å². The fraction of sp³-hybridized carbons (Fsp3) is 0.0556. The van der Waals surface area contributed by atoms with Crippen LogP contribution < -0.4 is 5.63 Å². The second-order valence-corrected chi connectivity index (χ2v) is 4.16. The van der Waals surface area contributed by atoms with Gasteiger partial charge in [0.2, 0.25) is 0 Å². The van der Waals surface area contributed by atoms with Crippen molar-refractivity contribution in [2.45, 2.75) is 6.92 Å². The summed E-state index contributed by atoms with van der Waals surface area (Å²) < 4.78 is 4.83. The Bertz CT molecular complexity index is 519. The molecule has 2 saturated carbocycles. The Hall–Kier alpha value is -0.971. The van der Waals surface area contributed by atoms with Gasteiger partial charge in [-0.25, -0.2) is 4.79 Å². The zero-order valence-corrected chi connectivity index (χ0v) is 12.6. The molecule has 0 atom stereocenters. The molecule has 0 aromatic carbocycles. The van der Waals surface area contributed by atoms with Gasteiger partial charge >= 0.3 is 22.7 Å². The molecule has 0 aliphatic heterocycles. The zero-order chi connectivity index (χ0) is 14.2. The summed E-state index contributed by atoms with van der Waals surface area (Å²) in [5.74, 6) is 7.41. The maximum absolute atomic E-state index is 11.0. The Balaban J connectivity index is 0.000000313. The van der Waals surface area contributed by atoms with Crippen molar-refractivity contribution in [2.75, 3.05) is 0 Å². The summed E-state index contributed by atoms with van der Waals surface area (Å²) in [6, 6.07) is 3.14. The van der Waals surface area contributed by atoms with Crippen LogP contribution in [0.1, 0.15) is 11.3 Å². The predicted molar refractivity (Wildman–Crippen MR) is 78.5 cm³/mol. The molecule has 3 heteroatoms. The molecule has 0 amide bonds. The van der Waals surface area contributed by atoms with Crippen LogP contribution in [-0.2, 0) is 17.1 Å². The van der Waals surface area contributed by atoms with Crippen LogP contribution in [0.15, 0.2) is 21.3 Å². The van der Waals surface area contributed by atoms with E-state index in [0.717, 1.165) is 5.92 Å². The molecule has 0 bridgehead atoms. The van der Waals surface area contributed by atoms with E-state index < -0.39 is 0 Å². The van der Waals surface area contributed by atoms with Gasteiger partial charge in [0, 0.05) is 11.6 Å². The molecule has 2 nitrogen and oxygen atoms in total. The van der Waals surface area contributed by atoms with Gasteiger partial charge in [0.1, 0.15) is 5.76 Å². The van der Waals surface area contributed by atoms with Crippen molar-refractivity contribution >= 4 is 0 Å². The summed E-state index contributed by atoms with van der Waals surface area (Å²) in [4.78, 5) is 11.0. The van der Waals surface area contributed by atoms with Crippen molar-refractivity contribution in [3.63, 3.8) is 0 Å². The summed E-state index contributed by atoms with van der Waals surface area (Å²) in [7, 11) is 0. The molecular formula is C18H14FeO2+2. The van der Waals surface area contributed by atoms with Crippen LogP contribution in [-0.4, -0.2) is 0 Å². The summed E-state index contributed by atoms with van der Waals surface area (Å²) in [6.07, 6.45) is 17.7. The molecule has 0 unspecified atom stereocenters. The van der Waals surface area contributed by atoms with E-state index in [9.17, 15) is 4.79 Å². The summed E-state index contributed by atoms with van der Waals surface area (Å²) in [5, 5.41) is 0. The van der Waals surface area contributed by atoms with Gasteiger partial charge in [-0.2, -0.15) is 0 Å². The van der Waals surface area contributed by atoms with E-state index in [1.54, 1.807) is 13.0 Å². The van der Waals surface area contributed by atoms with E-state index >= 15 is 0 Å². The Labute approximate surface area is 138 Å². The quantitative estimate of drug-likeness (QED) is 0.544. The van der Waals surface area contributed by atoms with Gasteiger partial charge in [0.25, 0.3) is 0 Å². The van der Waals surface area contributed by atoms with Gasteiger partial charge in [0.15, 0.2) is 0 Å². The molecule has 1 aromatic heterocycles.